The van der Waals surface area contributed by atoms with Crippen molar-refractivity contribution in [2.24, 2.45) is 0 Å². The number of nitrogens with zero attached hydrogens (tertiary/aromatic N) is 1. The minimum Gasteiger partial charge on any atom is -0.404 e. The molecule has 2 atom stereocenters. The molecule has 0 spiro atoms. The summed E-state index contributed by atoms with van der Waals surface area (Å²) in [6.07, 6.45) is -4.21. The smallest absolute Gasteiger partial charge is 0.404 e. The van der Waals surface area contributed by atoms with E-state index < -0.39 is 27.0 Å². The summed E-state index contributed by atoms with van der Waals surface area (Å²) >= 11 is 0. The quantitative estimate of drug-likeness (QED) is 0.717. The number of hydrogen-bond acceptors (Lipinski definition) is 5. The van der Waals surface area contributed by atoms with Gasteiger partial charge in [0.05, 0.1) is 12.2 Å². The molecule has 148 valence electrons. The molecule has 0 aromatic heterocycles. The fraction of sp³-hybridized carbons (Fsp3) is 0.625. The number of sulfonamides is 1. The molecule has 2 unspecified atom stereocenters. The van der Waals surface area contributed by atoms with Gasteiger partial charge in [-0.05, 0) is 38.9 Å². The third kappa shape index (κ3) is 6.42. The second kappa shape index (κ2) is 8.55. The largest absolute Gasteiger partial charge is 0.573 e. The van der Waals surface area contributed by atoms with Crippen LogP contribution in [0.5, 0.6) is 5.75 Å². The van der Waals surface area contributed by atoms with E-state index in [0.29, 0.717) is 13.0 Å². The Morgan fingerprint density at radius 2 is 1.85 bits per heavy atom. The Kier molecular flexibility index (Phi) is 6.89. The van der Waals surface area contributed by atoms with Crippen molar-refractivity contribution < 1.29 is 31.1 Å². The molecular weight excluding hydrogens is 373 g/mol. The van der Waals surface area contributed by atoms with Crippen molar-refractivity contribution in [3.63, 3.8) is 0 Å². The van der Waals surface area contributed by atoms with E-state index in [1.807, 2.05) is 13.8 Å². The van der Waals surface area contributed by atoms with Gasteiger partial charge in [0.2, 0.25) is 10.0 Å². The SMILES string of the molecule is CC1CN(CCCNS(=O)(=O)c2ccccc2OC(F)(F)F)CC(C)O1. The number of benzene rings is 1. The van der Waals surface area contributed by atoms with Crippen LogP contribution in [-0.4, -0.2) is 58.1 Å². The first kappa shape index (κ1) is 20.9. The Bertz CT molecular complexity index is 687. The van der Waals surface area contributed by atoms with E-state index in [4.69, 9.17) is 4.74 Å². The summed E-state index contributed by atoms with van der Waals surface area (Å²) in [6.45, 7) is 6.26. The number of nitrogens with one attached hydrogen (secondary N) is 1. The highest BCUT2D eigenvalue weighted by Gasteiger charge is 2.33. The van der Waals surface area contributed by atoms with Crippen LogP contribution < -0.4 is 9.46 Å². The van der Waals surface area contributed by atoms with Gasteiger partial charge < -0.3 is 9.47 Å². The number of para-hydroxylation sites is 1. The Morgan fingerprint density at radius 3 is 2.46 bits per heavy atom. The Balaban J connectivity index is 1.91. The van der Waals surface area contributed by atoms with Gasteiger partial charge in [-0.15, -0.1) is 13.2 Å². The lowest BCUT2D eigenvalue weighted by Crippen LogP contribution is -2.46. The van der Waals surface area contributed by atoms with E-state index >= 15 is 0 Å². The van der Waals surface area contributed by atoms with Crippen molar-refractivity contribution in [2.75, 3.05) is 26.2 Å². The zero-order valence-electron chi connectivity index (χ0n) is 14.6. The fourth-order valence-electron chi connectivity index (χ4n) is 2.94. The van der Waals surface area contributed by atoms with E-state index in [9.17, 15) is 21.6 Å². The predicted molar refractivity (Wildman–Crippen MR) is 89.4 cm³/mol. The summed E-state index contributed by atoms with van der Waals surface area (Å²) in [5.74, 6) is -0.747. The summed E-state index contributed by atoms with van der Waals surface area (Å²) in [6, 6.07) is 4.67. The lowest BCUT2D eigenvalue weighted by atomic mass is 10.2. The minimum atomic E-state index is -4.96. The molecule has 26 heavy (non-hydrogen) atoms. The molecular formula is C16H23F3N2O4S. The number of hydrogen-bond donors (Lipinski definition) is 1. The topological polar surface area (TPSA) is 67.9 Å². The first-order chi connectivity index (χ1) is 12.1. The normalized spacial score (nSPS) is 22.3. The Morgan fingerprint density at radius 1 is 1.23 bits per heavy atom. The second-order valence-corrected chi connectivity index (χ2v) is 8.00. The molecule has 0 saturated carbocycles. The van der Waals surface area contributed by atoms with Gasteiger partial charge in [0, 0.05) is 19.6 Å². The second-order valence-electron chi connectivity index (χ2n) is 6.26. The van der Waals surface area contributed by atoms with Crippen molar-refractivity contribution in [1.82, 2.24) is 9.62 Å². The van der Waals surface area contributed by atoms with Crippen molar-refractivity contribution in [1.29, 1.82) is 0 Å². The first-order valence-electron chi connectivity index (χ1n) is 8.29. The molecule has 0 radical (unpaired) electrons. The Hall–Kier alpha value is -1.36. The Labute approximate surface area is 151 Å². The maximum absolute atomic E-state index is 12.4. The van der Waals surface area contributed by atoms with Gasteiger partial charge >= 0.3 is 6.36 Å². The van der Waals surface area contributed by atoms with Crippen LogP contribution in [0.2, 0.25) is 0 Å². The van der Waals surface area contributed by atoms with Crippen LogP contribution in [0, 0.1) is 0 Å². The molecule has 1 aromatic carbocycles. The maximum atomic E-state index is 12.4. The van der Waals surface area contributed by atoms with Gasteiger partial charge in [-0.25, -0.2) is 13.1 Å². The van der Waals surface area contributed by atoms with Crippen LogP contribution in [-0.2, 0) is 14.8 Å². The molecule has 1 fully saturated rings. The van der Waals surface area contributed by atoms with Gasteiger partial charge in [0.15, 0.2) is 0 Å². The number of morpholine rings is 1. The molecule has 6 nitrogen and oxygen atoms in total. The van der Waals surface area contributed by atoms with Crippen molar-refractivity contribution in [2.45, 2.75) is 43.7 Å². The number of halogens is 3. The summed E-state index contributed by atoms with van der Waals surface area (Å²) in [7, 11) is -4.11. The van der Waals surface area contributed by atoms with Crippen LogP contribution >= 0.6 is 0 Å². The van der Waals surface area contributed by atoms with E-state index in [-0.39, 0.29) is 18.8 Å². The summed E-state index contributed by atoms with van der Waals surface area (Å²) in [4.78, 5) is 1.64. The van der Waals surface area contributed by atoms with Crippen LogP contribution in [0.25, 0.3) is 0 Å². The van der Waals surface area contributed by atoms with Crippen molar-refractivity contribution >= 4 is 10.0 Å². The molecule has 0 aliphatic carbocycles. The lowest BCUT2D eigenvalue weighted by Gasteiger charge is -2.35. The molecule has 1 N–H and O–H groups in total. The van der Waals surface area contributed by atoms with Gasteiger partial charge in [-0.2, -0.15) is 0 Å². The highest BCUT2D eigenvalue weighted by molar-refractivity contribution is 7.89. The molecule has 1 aliphatic rings. The minimum absolute atomic E-state index is 0.113. The molecule has 10 heteroatoms. The average molecular weight is 396 g/mol. The van der Waals surface area contributed by atoms with E-state index in [0.717, 1.165) is 25.2 Å². The first-order valence-corrected chi connectivity index (χ1v) is 9.77. The molecule has 0 amide bonds. The number of rotatable bonds is 7. The molecule has 2 rings (SSSR count). The lowest BCUT2D eigenvalue weighted by molar-refractivity contribution is -0.275. The summed E-state index contributed by atoms with van der Waals surface area (Å²) in [5, 5.41) is 0. The molecule has 1 aromatic rings. The standard InChI is InChI=1S/C16H23F3N2O4S/c1-12-10-21(11-13(2)24-12)9-5-8-20-26(22,23)15-7-4-3-6-14(15)25-16(17,18)19/h3-4,6-7,12-13,20H,5,8-11H2,1-2H3. The van der Waals surface area contributed by atoms with Gasteiger partial charge in [0.1, 0.15) is 10.6 Å². The monoisotopic (exact) mass is 396 g/mol. The fourth-order valence-corrected chi connectivity index (χ4v) is 4.14. The van der Waals surface area contributed by atoms with Crippen LogP contribution in [0.15, 0.2) is 29.2 Å². The van der Waals surface area contributed by atoms with Crippen LogP contribution in [0.1, 0.15) is 20.3 Å². The summed E-state index contributed by atoms with van der Waals surface area (Å²) in [5.41, 5.74) is 0. The third-order valence-electron chi connectivity index (χ3n) is 3.80. The van der Waals surface area contributed by atoms with Gasteiger partial charge in [-0.3, -0.25) is 4.90 Å². The maximum Gasteiger partial charge on any atom is 0.573 e. The molecule has 0 bridgehead atoms. The van der Waals surface area contributed by atoms with Crippen LogP contribution in [0.4, 0.5) is 13.2 Å². The van der Waals surface area contributed by atoms with Crippen molar-refractivity contribution in [3.8, 4) is 5.75 Å². The highest BCUT2D eigenvalue weighted by Crippen LogP contribution is 2.29. The van der Waals surface area contributed by atoms with Crippen molar-refractivity contribution in [3.05, 3.63) is 24.3 Å². The molecule has 1 aliphatic heterocycles. The van der Waals surface area contributed by atoms with Gasteiger partial charge in [0.25, 0.3) is 0 Å². The zero-order valence-corrected chi connectivity index (χ0v) is 15.4. The van der Waals surface area contributed by atoms with E-state index in [1.165, 1.54) is 12.1 Å². The third-order valence-corrected chi connectivity index (χ3v) is 5.30. The molecule has 1 saturated heterocycles. The highest BCUT2D eigenvalue weighted by atomic mass is 32.2. The zero-order chi connectivity index (χ0) is 19.4. The van der Waals surface area contributed by atoms with E-state index in [1.54, 1.807) is 0 Å². The molecule has 1 heterocycles. The average Bonchev–Trinajstić information content (AvgIpc) is 2.49. The number of alkyl halides is 3. The van der Waals surface area contributed by atoms with Gasteiger partial charge in [-0.1, -0.05) is 12.1 Å². The number of ether oxygens (including phenoxy) is 2. The van der Waals surface area contributed by atoms with E-state index in [2.05, 4.69) is 14.4 Å². The predicted octanol–water partition coefficient (Wildman–Crippen LogP) is 2.36. The summed E-state index contributed by atoms with van der Waals surface area (Å²) < 4.78 is 73.7. The van der Waals surface area contributed by atoms with Crippen LogP contribution in [0.3, 0.4) is 0 Å².